The average Bonchev–Trinajstić information content (AvgIpc) is 3.30. The fourth-order valence-electron chi connectivity index (χ4n) is 4.41. The normalized spacial score (nSPS) is 13.9. The molecule has 0 spiro atoms. The average molecular weight is 518 g/mol. The van der Waals surface area contributed by atoms with Crippen LogP contribution in [0.1, 0.15) is 36.3 Å². The second kappa shape index (κ2) is 10.4. The fourth-order valence-corrected chi connectivity index (χ4v) is 5.60. The summed E-state index contributed by atoms with van der Waals surface area (Å²) < 4.78 is 35.4. The van der Waals surface area contributed by atoms with E-state index >= 15 is 0 Å². The highest BCUT2D eigenvalue weighted by atomic mass is 32.2. The zero-order chi connectivity index (χ0) is 26.0. The SMILES string of the molecule is COc1ccc(CN(C)S(=O)(=O)c2ccc(Nc3ccc(C4CCC4)cn3)c(-c3cn(C)cn3)c2)cc1. The highest BCUT2D eigenvalue weighted by Crippen LogP contribution is 2.37. The number of hydrogen-bond donors (Lipinski definition) is 1. The van der Waals surface area contributed by atoms with E-state index in [4.69, 9.17) is 4.74 Å². The molecule has 5 rings (SSSR count). The van der Waals surface area contributed by atoms with E-state index in [1.807, 2.05) is 54.3 Å². The molecule has 0 unspecified atom stereocenters. The Bertz CT molecular complexity index is 1480. The smallest absolute Gasteiger partial charge is 0.243 e. The predicted octanol–water partition coefficient (Wildman–Crippen LogP) is 5.32. The van der Waals surface area contributed by atoms with Crippen LogP contribution in [-0.2, 0) is 23.6 Å². The standard InChI is InChI=1S/C28H31N5O3S/c1-32-18-27(30-19-32)25-15-24(37(34,35)33(2)17-20-7-10-23(36-3)11-8-20)12-13-26(25)31-28-14-9-22(16-29-28)21-5-4-6-21/h7-16,18-19,21H,4-6,17H2,1-3H3,(H,29,31). The molecule has 2 aromatic heterocycles. The van der Waals surface area contributed by atoms with Gasteiger partial charge >= 0.3 is 0 Å². The first-order valence-corrected chi connectivity index (χ1v) is 13.7. The van der Waals surface area contributed by atoms with Gasteiger partial charge in [-0.3, -0.25) is 0 Å². The number of hydrogen-bond acceptors (Lipinski definition) is 6. The number of sulfonamides is 1. The Morgan fingerprint density at radius 3 is 2.46 bits per heavy atom. The summed E-state index contributed by atoms with van der Waals surface area (Å²) in [5, 5.41) is 3.36. The first-order chi connectivity index (χ1) is 17.8. The van der Waals surface area contributed by atoms with Gasteiger partial charge < -0.3 is 14.6 Å². The van der Waals surface area contributed by atoms with Crippen LogP contribution in [0.15, 0.2) is 78.2 Å². The van der Waals surface area contributed by atoms with Crippen molar-refractivity contribution in [1.82, 2.24) is 18.8 Å². The number of pyridine rings is 1. The van der Waals surface area contributed by atoms with E-state index in [2.05, 4.69) is 21.4 Å². The van der Waals surface area contributed by atoms with Crippen molar-refractivity contribution >= 4 is 21.5 Å². The molecule has 8 nitrogen and oxygen atoms in total. The molecule has 1 aliphatic rings. The molecule has 1 saturated carbocycles. The van der Waals surface area contributed by atoms with Crippen molar-refractivity contribution in [2.75, 3.05) is 19.5 Å². The van der Waals surface area contributed by atoms with Crippen LogP contribution in [0.25, 0.3) is 11.3 Å². The lowest BCUT2D eigenvalue weighted by atomic mass is 9.81. The zero-order valence-electron chi connectivity index (χ0n) is 21.3. The van der Waals surface area contributed by atoms with Crippen molar-refractivity contribution in [3.05, 3.63) is 84.4 Å². The van der Waals surface area contributed by atoms with Crippen molar-refractivity contribution in [1.29, 1.82) is 0 Å². The number of methoxy groups -OCH3 is 1. The molecule has 9 heteroatoms. The molecule has 192 valence electrons. The number of anilines is 2. The molecule has 0 radical (unpaired) electrons. The Morgan fingerprint density at radius 1 is 1.08 bits per heavy atom. The lowest BCUT2D eigenvalue weighted by Crippen LogP contribution is -2.26. The zero-order valence-corrected chi connectivity index (χ0v) is 22.1. The molecule has 37 heavy (non-hydrogen) atoms. The number of rotatable bonds is 9. The van der Waals surface area contributed by atoms with Crippen LogP contribution in [0, 0.1) is 0 Å². The minimum atomic E-state index is -3.75. The van der Waals surface area contributed by atoms with Gasteiger partial charge in [-0.05, 0) is 66.3 Å². The topological polar surface area (TPSA) is 89.4 Å². The fraction of sp³-hybridized carbons (Fsp3) is 0.286. The van der Waals surface area contributed by atoms with Crippen molar-refractivity contribution in [2.45, 2.75) is 36.6 Å². The van der Waals surface area contributed by atoms with Crippen molar-refractivity contribution in [3.8, 4) is 17.0 Å². The highest BCUT2D eigenvalue weighted by Gasteiger charge is 2.24. The molecule has 0 saturated heterocycles. The molecule has 1 aliphatic carbocycles. The van der Waals surface area contributed by atoms with Gasteiger partial charge in [-0.1, -0.05) is 24.6 Å². The summed E-state index contributed by atoms with van der Waals surface area (Å²) in [5.41, 5.74) is 4.23. The number of nitrogens with one attached hydrogen (secondary N) is 1. The molecule has 4 aromatic rings. The third kappa shape index (κ3) is 5.38. The summed E-state index contributed by atoms with van der Waals surface area (Å²) >= 11 is 0. The molecule has 2 heterocycles. The van der Waals surface area contributed by atoms with Crippen LogP contribution in [0.2, 0.25) is 0 Å². The molecule has 2 aromatic carbocycles. The minimum absolute atomic E-state index is 0.197. The van der Waals surface area contributed by atoms with Gasteiger partial charge in [0.15, 0.2) is 0 Å². The Balaban J connectivity index is 1.43. The van der Waals surface area contributed by atoms with Gasteiger partial charge in [-0.2, -0.15) is 4.31 Å². The Morgan fingerprint density at radius 2 is 1.86 bits per heavy atom. The minimum Gasteiger partial charge on any atom is -0.497 e. The third-order valence-corrected chi connectivity index (χ3v) is 8.67. The summed E-state index contributed by atoms with van der Waals surface area (Å²) in [6.45, 7) is 0.239. The maximum atomic E-state index is 13.5. The Kier molecular flexibility index (Phi) is 6.99. The summed E-state index contributed by atoms with van der Waals surface area (Å²) in [5.74, 6) is 2.04. The van der Waals surface area contributed by atoms with Crippen molar-refractivity contribution in [3.63, 3.8) is 0 Å². The van der Waals surface area contributed by atoms with Crippen LogP contribution in [0.3, 0.4) is 0 Å². The van der Waals surface area contributed by atoms with Gasteiger partial charge in [0.1, 0.15) is 11.6 Å². The van der Waals surface area contributed by atoms with Gasteiger partial charge in [0.2, 0.25) is 10.0 Å². The van der Waals surface area contributed by atoms with Gasteiger partial charge in [0.05, 0.1) is 24.0 Å². The Labute approximate surface area is 218 Å². The number of imidazole rings is 1. The second-order valence-electron chi connectivity index (χ2n) is 9.47. The van der Waals surface area contributed by atoms with E-state index in [9.17, 15) is 8.42 Å². The molecule has 0 bridgehead atoms. The highest BCUT2D eigenvalue weighted by molar-refractivity contribution is 7.89. The van der Waals surface area contributed by atoms with Crippen LogP contribution < -0.4 is 10.1 Å². The molecule has 0 aliphatic heterocycles. The Hall–Kier alpha value is -3.69. The van der Waals surface area contributed by atoms with Crippen LogP contribution in [0.4, 0.5) is 11.5 Å². The third-order valence-electron chi connectivity index (χ3n) is 6.87. The van der Waals surface area contributed by atoms with Gasteiger partial charge in [-0.25, -0.2) is 18.4 Å². The number of benzene rings is 2. The number of aromatic nitrogens is 3. The molecule has 0 atom stereocenters. The van der Waals surface area contributed by atoms with E-state index in [1.165, 1.54) is 29.1 Å². The summed E-state index contributed by atoms with van der Waals surface area (Å²) in [6, 6.07) is 16.5. The van der Waals surface area contributed by atoms with Crippen LogP contribution in [-0.4, -0.2) is 41.4 Å². The maximum absolute atomic E-state index is 13.5. The molecular weight excluding hydrogens is 486 g/mol. The summed E-state index contributed by atoms with van der Waals surface area (Å²) in [7, 11) is 1.31. The van der Waals surface area contributed by atoms with E-state index in [0.717, 1.165) is 17.0 Å². The number of nitrogens with zero attached hydrogens (tertiary/aromatic N) is 4. The van der Waals surface area contributed by atoms with E-state index in [1.54, 1.807) is 38.7 Å². The first-order valence-electron chi connectivity index (χ1n) is 12.3. The van der Waals surface area contributed by atoms with Gasteiger partial charge in [-0.15, -0.1) is 0 Å². The maximum Gasteiger partial charge on any atom is 0.243 e. The van der Waals surface area contributed by atoms with Crippen molar-refractivity contribution < 1.29 is 13.2 Å². The van der Waals surface area contributed by atoms with Crippen LogP contribution >= 0.6 is 0 Å². The number of ether oxygens (including phenoxy) is 1. The largest absolute Gasteiger partial charge is 0.497 e. The van der Waals surface area contributed by atoms with E-state index in [-0.39, 0.29) is 11.4 Å². The molecule has 1 fully saturated rings. The molecule has 1 N–H and O–H groups in total. The quantitative estimate of drug-likeness (QED) is 0.323. The molecular formula is C28H31N5O3S. The second-order valence-corrected chi connectivity index (χ2v) is 11.5. The van der Waals surface area contributed by atoms with E-state index in [0.29, 0.717) is 23.0 Å². The van der Waals surface area contributed by atoms with E-state index < -0.39 is 10.0 Å². The van der Waals surface area contributed by atoms with Crippen molar-refractivity contribution in [2.24, 2.45) is 7.05 Å². The van der Waals surface area contributed by atoms with Gasteiger partial charge in [0, 0.05) is 44.3 Å². The first kappa shape index (κ1) is 25.0. The lowest BCUT2D eigenvalue weighted by molar-refractivity contribution is 0.414. The predicted molar refractivity (Wildman–Crippen MR) is 144 cm³/mol. The lowest BCUT2D eigenvalue weighted by Gasteiger charge is -2.25. The van der Waals surface area contributed by atoms with Crippen LogP contribution in [0.5, 0.6) is 5.75 Å². The molecule has 0 amide bonds. The summed E-state index contributed by atoms with van der Waals surface area (Å²) in [4.78, 5) is 9.28. The van der Waals surface area contributed by atoms with Gasteiger partial charge in [0.25, 0.3) is 0 Å². The monoisotopic (exact) mass is 517 g/mol. The number of aryl methyl sites for hydroxylation is 1. The summed E-state index contributed by atoms with van der Waals surface area (Å²) in [6.07, 6.45) is 9.22.